The standard InChI is InChI=1S/C22H24ClN3O3S/c1-13(27)26-11-8-16-17(12-26)30-20(18(16)19(24)28)25-21(29)22(9-2-3-10-22)14-4-6-15(23)7-5-14/h4-7H,2-3,8-12H2,1H3,(H2,24,28)(H,25,29). The van der Waals surface area contributed by atoms with E-state index >= 15 is 0 Å². The Bertz CT molecular complexity index is 1010. The SMILES string of the molecule is CC(=O)N1CCc2c(sc(NC(=O)C3(c4ccc(Cl)cc4)CCCC3)c2C(N)=O)C1. The molecule has 0 unspecified atom stereocenters. The Morgan fingerprint density at radius 2 is 1.83 bits per heavy atom. The van der Waals surface area contributed by atoms with Crippen molar-refractivity contribution in [2.24, 2.45) is 5.73 Å². The second-order valence-corrected chi connectivity index (χ2v) is 9.55. The van der Waals surface area contributed by atoms with Gasteiger partial charge in [-0.15, -0.1) is 11.3 Å². The molecule has 0 radical (unpaired) electrons. The molecule has 3 N–H and O–H groups in total. The van der Waals surface area contributed by atoms with Gasteiger partial charge in [-0.25, -0.2) is 0 Å². The van der Waals surface area contributed by atoms with E-state index in [0.717, 1.165) is 41.7 Å². The number of carbonyl (C=O) groups excluding carboxylic acids is 3. The molecule has 8 heteroatoms. The van der Waals surface area contributed by atoms with Crippen LogP contribution in [0.4, 0.5) is 5.00 Å². The second-order valence-electron chi connectivity index (χ2n) is 8.01. The number of anilines is 1. The largest absolute Gasteiger partial charge is 0.365 e. The highest BCUT2D eigenvalue weighted by Crippen LogP contribution is 2.44. The maximum atomic E-state index is 13.5. The molecule has 0 bridgehead atoms. The van der Waals surface area contributed by atoms with Crippen LogP contribution in [0.2, 0.25) is 5.02 Å². The molecular formula is C22H24ClN3O3S. The van der Waals surface area contributed by atoms with Crippen LogP contribution in [0, 0.1) is 0 Å². The fourth-order valence-corrected chi connectivity index (χ4v) is 6.03. The van der Waals surface area contributed by atoms with E-state index in [4.69, 9.17) is 17.3 Å². The number of thiophene rings is 1. The molecule has 1 aromatic heterocycles. The zero-order valence-electron chi connectivity index (χ0n) is 16.8. The molecular weight excluding hydrogens is 422 g/mol. The van der Waals surface area contributed by atoms with Gasteiger partial charge in [-0.3, -0.25) is 14.4 Å². The normalized spacial score (nSPS) is 17.5. The number of fused-ring (bicyclic) bond motifs is 1. The minimum Gasteiger partial charge on any atom is -0.365 e. The van der Waals surface area contributed by atoms with Crippen LogP contribution in [-0.2, 0) is 28.0 Å². The monoisotopic (exact) mass is 445 g/mol. The first kappa shape index (κ1) is 20.9. The van der Waals surface area contributed by atoms with E-state index in [0.29, 0.717) is 35.1 Å². The number of nitrogens with one attached hydrogen (secondary N) is 1. The molecule has 158 valence electrons. The van der Waals surface area contributed by atoms with Crippen LogP contribution < -0.4 is 11.1 Å². The Kier molecular flexibility index (Phi) is 5.59. The lowest BCUT2D eigenvalue weighted by Gasteiger charge is -2.28. The highest BCUT2D eigenvalue weighted by Gasteiger charge is 2.43. The van der Waals surface area contributed by atoms with E-state index in [2.05, 4.69) is 5.32 Å². The summed E-state index contributed by atoms with van der Waals surface area (Å²) in [7, 11) is 0. The molecule has 0 atom stereocenters. The predicted octanol–water partition coefficient (Wildman–Crippen LogP) is 3.86. The smallest absolute Gasteiger partial charge is 0.251 e. The molecule has 3 amide bonds. The van der Waals surface area contributed by atoms with Crippen LogP contribution in [0.15, 0.2) is 24.3 Å². The summed E-state index contributed by atoms with van der Waals surface area (Å²) in [5.74, 6) is -0.675. The molecule has 6 nitrogen and oxygen atoms in total. The van der Waals surface area contributed by atoms with Crippen LogP contribution in [0.25, 0.3) is 0 Å². The summed E-state index contributed by atoms with van der Waals surface area (Å²) >= 11 is 7.39. The van der Waals surface area contributed by atoms with Crippen LogP contribution >= 0.6 is 22.9 Å². The predicted molar refractivity (Wildman–Crippen MR) is 118 cm³/mol. The van der Waals surface area contributed by atoms with Gasteiger partial charge in [0.15, 0.2) is 0 Å². The molecule has 1 aliphatic heterocycles. The number of nitrogens with two attached hydrogens (primary N) is 1. The lowest BCUT2D eigenvalue weighted by molar-refractivity contribution is -0.129. The second kappa shape index (κ2) is 8.04. The molecule has 1 fully saturated rings. The van der Waals surface area contributed by atoms with Gasteiger partial charge < -0.3 is 16.0 Å². The zero-order valence-corrected chi connectivity index (χ0v) is 18.4. The highest BCUT2D eigenvalue weighted by atomic mass is 35.5. The summed E-state index contributed by atoms with van der Waals surface area (Å²) in [5.41, 5.74) is 7.22. The average molecular weight is 446 g/mol. The van der Waals surface area contributed by atoms with Gasteiger partial charge in [0.1, 0.15) is 5.00 Å². The Labute approximate surface area is 184 Å². The van der Waals surface area contributed by atoms with Crippen LogP contribution in [0.5, 0.6) is 0 Å². The van der Waals surface area contributed by atoms with Crippen molar-refractivity contribution >= 4 is 45.7 Å². The van der Waals surface area contributed by atoms with Crippen molar-refractivity contribution in [2.75, 3.05) is 11.9 Å². The number of nitrogens with zero attached hydrogens (tertiary/aromatic N) is 1. The molecule has 1 aliphatic carbocycles. The average Bonchev–Trinajstić information content (AvgIpc) is 3.33. The topological polar surface area (TPSA) is 92.5 Å². The summed E-state index contributed by atoms with van der Waals surface area (Å²) in [6, 6.07) is 7.43. The third kappa shape index (κ3) is 3.61. The van der Waals surface area contributed by atoms with Gasteiger partial charge in [0.05, 0.1) is 17.5 Å². The number of hydrogen-bond donors (Lipinski definition) is 2. The zero-order chi connectivity index (χ0) is 21.5. The molecule has 2 heterocycles. The van der Waals surface area contributed by atoms with Gasteiger partial charge in [0, 0.05) is 23.4 Å². The quantitative estimate of drug-likeness (QED) is 0.748. The van der Waals surface area contributed by atoms with Crippen molar-refractivity contribution in [1.82, 2.24) is 4.90 Å². The molecule has 0 saturated heterocycles. The van der Waals surface area contributed by atoms with E-state index in [-0.39, 0.29) is 11.8 Å². The third-order valence-electron chi connectivity index (χ3n) is 6.26. The Balaban J connectivity index is 1.68. The first-order valence-electron chi connectivity index (χ1n) is 10.1. The molecule has 30 heavy (non-hydrogen) atoms. The van der Waals surface area contributed by atoms with Crippen molar-refractivity contribution in [3.8, 4) is 0 Å². The maximum absolute atomic E-state index is 13.5. The van der Waals surface area contributed by atoms with Crippen LogP contribution in [0.3, 0.4) is 0 Å². The van der Waals surface area contributed by atoms with Crippen LogP contribution in [-0.4, -0.2) is 29.2 Å². The maximum Gasteiger partial charge on any atom is 0.251 e. The van der Waals surface area contributed by atoms with Gasteiger partial charge in [-0.1, -0.05) is 36.6 Å². The number of hydrogen-bond acceptors (Lipinski definition) is 4. The van der Waals surface area contributed by atoms with Crippen molar-refractivity contribution in [3.63, 3.8) is 0 Å². The number of primary amides is 1. The fraction of sp³-hybridized carbons (Fsp3) is 0.409. The van der Waals surface area contributed by atoms with E-state index in [1.54, 1.807) is 17.0 Å². The summed E-state index contributed by atoms with van der Waals surface area (Å²) < 4.78 is 0. The van der Waals surface area contributed by atoms with E-state index in [1.165, 1.54) is 18.3 Å². The summed E-state index contributed by atoms with van der Waals surface area (Å²) in [6.45, 7) is 2.52. The molecule has 2 aromatic rings. The number of halogens is 1. The van der Waals surface area contributed by atoms with Crippen molar-refractivity contribution in [1.29, 1.82) is 0 Å². The molecule has 0 spiro atoms. The van der Waals surface area contributed by atoms with E-state index in [1.807, 2.05) is 12.1 Å². The molecule has 1 saturated carbocycles. The summed E-state index contributed by atoms with van der Waals surface area (Å²) in [6.07, 6.45) is 3.98. The number of rotatable bonds is 4. The van der Waals surface area contributed by atoms with Crippen molar-refractivity contribution in [3.05, 3.63) is 50.9 Å². The van der Waals surface area contributed by atoms with Gasteiger partial charge in [0.2, 0.25) is 11.8 Å². The third-order valence-corrected chi connectivity index (χ3v) is 7.65. The Morgan fingerprint density at radius 3 is 2.43 bits per heavy atom. The van der Waals surface area contributed by atoms with Gasteiger partial charge >= 0.3 is 0 Å². The fourth-order valence-electron chi connectivity index (χ4n) is 4.64. The molecule has 1 aromatic carbocycles. The van der Waals surface area contributed by atoms with Gasteiger partial charge in [0.25, 0.3) is 5.91 Å². The van der Waals surface area contributed by atoms with Crippen molar-refractivity contribution in [2.45, 2.75) is 51.0 Å². The van der Waals surface area contributed by atoms with Gasteiger partial charge in [-0.05, 0) is 42.5 Å². The first-order valence-corrected chi connectivity index (χ1v) is 11.3. The minimum atomic E-state index is -0.643. The van der Waals surface area contributed by atoms with Crippen LogP contribution in [0.1, 0.15) is 59.0 Å². The van der Waals surface area contributed by atoms with E-state index in [9.17, 15) is 14.4 Å². The Hall–Kier alpha value is -2.38. The summed E-state index contributed by atoms with van der Waals surface area (Å²) in [5, 5.41) is 4.15. The lowest BCUT2D eigenvalue weighted by atomic mass is 9.78. The lowest BCUT2D eigenvalue weighted by Crippen LogP contribution is -2.38. The minimum absolute atomic E-state index is 0.00657. The number of benzene rings is 1. The number of amides is 3. The first-order chi connectivity index (χ1) is 14.3. The summed E-state index contributed by atoms with van der Waals surface area (Å²) in [4.78, 5) is 40.2. The highest BCUT2D eigenvalue weighted by molar-refractivity contribution is 7.17. The Morgan fingerprint density at radius 1 is 1.17 bits per heavy atom. The van der Waals surface area contributed by atoms with E-state index < -0.39 is 11.3 Å². The van der Waals surface area contributed by atoms with Gasteiger partial charge in [-0.2, -0.15) is 0 Å². The number of carbonyl (C=O) groups is 3. The molecule has 4 rings (SSSR count). The molecule has 2 aliphatic rings. The van der Waals surface area contributed by atoms with Crippen molar-refractivity contribution < 1.29 is 14.4 Å².